The minimum atomic E-state index is -1.63. The van der Waals surface area contributed by atoms with Crippen LogP contribution in [-0.4, -0.2) is 22.4 Å². The Hall–Kier alpha value is -2.41. The zero-order valence-electron chi connectivity index (χ0n) is 11.5. The van der Waals surface area contributed by atoms with E-state index in [1.54, 1.807) is 23.7 Å². The van der Waals surface area contributed by atoms with Crippen LogP contribution < -0.4 is 15.4 Å². The molecule has 1 aliphatic rings. The SMILES string of the molecule is Cc1ccc2c(c1)NC(=O)[C@@](C)(C(=O)Nc1nccs1)O2. The molecular formula is C14H13N3O3S. The lowest BCUT2D eigenvalue weighted by Gasteiger charge is -2.33. The van der Waals surface area contributed by atoms with Crippen LogP contribution in [0.2, 0.25) is 0 Å². The number of aryl methyl sites for hydroxylation is 1. The van der Waals surface area contributed by atoms with Crippen LogP contribution in [0.25, 0.3) is 0 Å². The fourth-order valence-corrected chi connectivity index (χ4v) is 2.51. The molecule has 0 radical (unpaired) electrons. The highest BCUT2D eigenvalue weighted by Crippen LogP contribution is 2.34. The molecule has 2 amide bonds. The Labute approximate surface area is 125 Å². The highest BCUT2D eigenvalue weighted by atomic mass is 32.1. The summed E-state index contributed by atoms with van der Waals surface area (Å²) in [5.74, 6) is -0.590. The fourth-order valence-electron chi connectivity index (χ4n) is 1.99. The number of hydrogen-bond donors (Lipinski definition) is 2. The number of nitrogens with one attached hydrogen (secondary N) is 2. The summed E-state index contributed by atoms with van der Waals surface area (Å²) in [7, 11) is 0. The molecule has 1 aliphatic heterocycles. The van der Waals surface area contributed by atoms with Crippen molar-refractivity contribution in [3.8, 4) is 5.75 Å². The fraction of sp³-hybridized carbons (Fsp3) is 0.214. The number of carbonyl (C=O) groups is 2. The van der Waals surface area contributed by atoms with Crippen molar-refractivity contribution in [2.24, 2.45) is 0 Å². The zero-order valence-corrected chi connectivity index (χ0v) is 12.3. The van der Waals surface area contributed by atoms with Gasteiger partial charge in [-0.1, -0.05) is 6.07 Å². The quantitative estimate of drug-likeness (QED) is 0.833. The van der Waals surface area contributed by atoms with Crippen LogP contribution in [0, 0.1) is 6.92 Å². The maximum absolute atomic E-state index is 12.3. The van der Waals surface area contributed by atoms with Gasteiger partial charge in [0.1, 0.15) is 5.75 Å². The van der Waals surface area contributed by atoms with E-state index >= 15 is 0 Å². The van der Waals surface area contributed by atoms with Crippen LogP contribution in [0.4, 0.5) is 10.8 Å². The molecule has 0 fully saturated rings. The first-order chi connectivity index (χ1) is 9.99. The number of rotatable bonds is 2. The van der Waals surface area contributed by atoms with E-state index in [-0.39, 0.29) is 0 Å². The molecule has 0 bridgehead atoms. The molecule has 1 aromatic heterocycles. The summed E-state index contributed by atoms with van der Waals surface area (Å²) >= 11 is 1.27. The van der Waals surface area contributed by atoms with Crippen molar-refractivity contribution in [3.05, 3.63) is 35.3 Å². The average Bonchev–Trinajstić information content (AvgIpc) is 2.93. The molecule has 108 valence electrons. The van der Waals surface area contributed by atoms with Gasteiger partial charge in [-0.05, 0) is 31.5 Å². The second-order valence-electron chi connectivity index (χ2n) is 4.88. The molecule has 2 aromatic rings. The van der Waals surface area contributed by atoms with Crippen molar-refractivity contribution in [2.75, 3.05) is 10.6 Å². The Kier molecular flexibility index (Phi) is 3.13. The molecule has 0 saturated heterocycles. The summed E-state index contributed by atoms with van der Waals surface area (Å²) < 4.78 is 5.65. The standard InChI is InChI=1S/C14H13N3O3S/c1-8-3-4-10-9(7-8)16-11(18)14(2,20-10)12(19)17-13-15-5-6-21-13/h3-7H,1-2H3,(H,16,18)(H,15,17,19)/t14-/m0/s1. The van der Waals surface area contributed by atoms with Gasteiger partial charge in [0.25, 0.3) is 17.4 Å². The minimum Gasteiger partial charge on any atom is -0.466 e. The molecule has 0 aliphatic carbocycles. The number of anilines is 2. The topological polar surface area (TPSA) is 80.3 Å². The molecule has 3 rings (SSSR count). The van der Waals surface area contributed by atoms with Crippen molar-refractivity contribution in [2.45, 2.75) is 19.4 Å². The zero-order chi connectivity index (χ0) is 15.0. The number of hydrogen-bond acceptors (Lipinski definition) is 5. The van der Waals surface area contributed by atoms with Crippen molar-refractivity contribution >= 4 is 34.0 Å². The molecule has 21 heavy (non-hydrogen) atoms. The number of thiazole rings is 1. The van der Waals surface area contributed by atoms with E-state index in [1.165, 1.54) is 18.3 Å². The van der Waals surface area contributed by atoms with E-state index in [9.17, 15) is 9.59 Å². The molecule has 1 aromatic carbocycles. The van der Waals surface area contributed by atoms with Gasteiger partial charge in [-0.25, -0.2) is 4.98 Å². The molecule has 1 atom stereocenters. The Morgan fingerprint density at radius 1 is 1.48 bits per heavy atom. The third-order valence-corrected chi connectivity index (χ3v) is 3.91. The number of fused-ring (bicyclic) bond motifs is 1. The third kappa shape index (κ3) is 2.36. The van der Waals surface area contributed by atoms with Gasteiger partial charge in [0, 0.05) is 11.6 Å². The number of amides is 2. The molecule has 0 unspecified atom stereocenters. The molecule has 2 heterocycles. The normalized spacial score (nSPS) is 20.2. The Morgan fingerprint density at radius 2 is 2.29 bits per heavy atom. The molecule has 0 spiro atoms. The molecular weight excluding hydrogens is 290 g/mol. The maximum atomic E-state index is 12.3. The molecule has 6 nitrogen and oxygen atoms in total. The Bertz CT molecular complexity index is 714. The number of ether oxygens (including phenoxy) is 1. The minimum absolute atomic E-state index is 0.423. The van der Waals surface area contributed by atoms with Gasteiger partial charge in [0.05, 0.1) is 5.69 Å². The number of aromatic nitrogens is 1. The third-order valence-electron chi connectivity index (χ3n) is 3.22. The summed E-state index contributed by atoms with van der Waals surface area (Å²) in [4.78, 5) is 28.6. The molecule has 0 saturated carbocycles. The van der Waals surface area contributed by atoms with Gasteiger partial charge >= 0.3 is 0 Å². The van der Waals surface area contributed by atoms with Crippen molar-refractivity contribution in [1.82, 2.24) is 4.98 Å². The maximum Gasteiger partial charge on any atom is 0.280 e. The van der Waals surface area contributed by atoms with Crippen LogP contribution >= 0.6 is 11.3 Å². The summed E-state index contributed by atoms with van der Waals surface area (Å²) in [6.45, 7) is 3.35. The van der Waals surface area contributed by atoms with E-state index in [1.807, 2.05) is 13.0 Å². The second-order valence-corrected chi connectivity index (χ2v) is 5.77. The van der Waals surface area contributed by atoms with Crippen LogP contribution in [0.1, 0.15) is 12.5 Å². The average molecular weight is 303 g/mol. The summed E-state index contributed by atoms with van der Waals surface area (Å²) in [5, 5.41) is 7.45. The summed E-state index contributed by atoms with van der Waals surface area (Å²) in [6, 6.07) is 5.39. The van der Waals surface area contributed by atoms with Gasteiger partial charge in [0.15, 0.2) is 5.13 Å². The van der Waals surface area contributed by atoms with Crippen LogP contribution in [-0.2, 0) is 9.59 Å². The van der Waals surface area contributed by atoms with Crippen molar-refractivity contribution in [3.63, 3.8) is 0 Å². The van der Waals surface area contributed by atoms with E-state index in [0.29, 0.717) is 16.6 Å². The predicted molar refractivity (Wildman–Crippen MR) is 79.6 cm³/mol. The number of nitrogens with zero attached hydrogens (tertiary/aromatic N) is 1. The van der Waals surface area contributed by atoms with E-state index in [2.05, 4.69) is 15.6 Å². The monoisotopic (exact) mass is 303 g/mol. The van der Waals surface area contributed by atoms with Gasteiger partial charge in [-0.3, -0.25) is 14.9 Å². The van der Waals surface area contributed by atoms with Crippen LogP contribution in [0.15, 0.2) is 29.8 Å². The first-order valence-corrected chi connectivity index (χ1v) is 7.19. The highest BCUT2D eigenvalue weighted by molar-refractivity contribution is 7.13. The number of benzene rings is 1. The summed E-state index contributed by atoms with van der Waals surface area (Å²) in [5.41, 5.74) is -0.0680. The lowest BCUT2D eigenvalue weighted by Crippen LogP contribution is -2.56. The van der Waals surface area contributed by atoms with Crippen molar-refractivity contribution in [1.29, 1.82) is 0 Å². The first-order valence-electron chi connectivity index (χ1n) is 6.31. The number of carbonyl (C=O) groups excluding carboxylic acids is 2. The predicted octanol–water partition coefficient (Wildman–Crippen LogP) is 2.18. The van der Waals surface area contributed by atoms with Crippen LogP contribution in [0.5, 0.6) is 5.75 Å². The largest absolute Gasteiger partial charge is 0.466 e. The second kappa shape index (κ2) is 4.85. The smallest absolute Gasteiger partial charge is 0.280 e. The first kappa shape index (κ1) is 13.6. The van der Waals surface area contributed by atoms with E-state index in [0.717, 1.165) is 5.56 Å². The van der Waals surface area contributed by atoms with Gasteiger partial charge in [-0.15, -0.1) is 11.3 Å². The Balaban J connectivity index is 1.89. The Morgan fingerprint density at radius 3 is 3.00 bits per heavy atom. The van der Waals surface area contributed by atoms with Crippen LogP contribution in [0.3, 0.4) is 0 Å². The van der Waals surface area contributed by atoms with Gasteiger partial charge in [0.2, 0.25) is 0 Å². The van der Waals surface area contributed by atoms with Crippen molar-refractivity contribution < 1.29 is 14.3 Å². The summed E-state index contributed by atoms with van der Waals surface area (Å²) in [6.07, 6.45) is 1.57. The molecule has 7 heteroatoms. The van der Waals surface area contributed by atoms with E-state index in [4.69, 9.17) is 4.74 Å². The highest BCUT2D eigenvalue weighted by Gasteiger charge is 2.47. The van der Waals surface area contributed by atoms with E-state index < -0.39 is 17.4 Å². The van der Waals surface area contributed by atoms with Gasteiger partial charge in [-0.2, -0.15) is 0 Å². The lowest BCUT2D eigenvalue weighted by atomic mass is 10.0. The van der Waals surface area contributed by atoms with Gasteiger partial charge < -0.3 is 10.1 Å². The molecule has 2 N–H and O–H groups in total. The lowest BCUT2D eigenvalue weighted by molar-refractivity contribution is -0.143.